The smallest absolute Gasteiger partial charge is 0.0558 e. The Hall–Kier alpha value is -0.160. The van der Waals surface area contributed by atoms with Crippen LogP contribution in [0, 0.1) is 5.92 Å². The monoisotopic (exact) mass is 230 g/mol. The highest BCUT2D eigenvalue weighted by Crippen LogP contribution is 2.24. The van der Waals surface area contributed by atoms with Crippen LogP contribution in [-0.4, -0.2) is 61.1 Å². The zero-order chi connectivity index (χ0) is 11.8. The summed E-state index contributed by atoms with van der Waals surface area (Å²) in [5.41, 5.74) is 0. The Morgan fingerprint density at radius 2 is 1.75 bits per heavy atom. The van der Waals surface area contributed by atoms with Gasteiger partial charge in [0.25, 0.3) is 0 Å². The highest BCUT2D eigenvalue weighted by atomic mass is 16.3. The molecular formula is C12H26N2O2. The standard InChI is InChI=1S/C12H26N2O2/c1-13-12-5-3-2-4-11(12)10-14(6-8-15)7-9-16/h11-13,15-16H,2-10H2,1H3. The van der Waals surface area contributed by atoms with Crippen LogP contribution in [-0.2, 0) is 0 Å². The van der Waals surface area contributed by atoms with Gasteiger partial charge in [-0.25, -0.2) is 0 Å². The van der Waals surface area contributed by atoms with Crippen LogP contribution in [0.2, 0.25) is 0 Å². The maximum absolute atomic E-state index is 8.98. The van der Waals surface area contributed by atoms with Gasteiger partial charge in [0.15, 0.2) is 0 Å². The van der Waals surface area contributed by atoms with E-state index in [0.717, 1.165) is 6.54 Å². The molecule has 3 N–H and O–H groups in total. The third kappa shape index (κ3) is 4.37. The minimum Gasteiger partial charge on any atom is -0.395 e. The average molecular weight is 230 g/mol. The second kappa shape index (κ2) is 8.01. The minimum atomic E-state index is 0.178. The molecular weight excluding hydrogens is 204 g/mol. The largest absolute Gasteiger partial charge is 0.395 e. The van der Waals surface area contributed by atoms with Crippen LogP contribution in [0.5, 0.6) is 0 Å². The number of aliphatic hydroxyl groups is 2. The predicted molar refractivity (Wildman–Crippen MR) is 65.4 cm³/mol. The van der Waals surface area contributed by atoms with Crippen molar-refractivity contribution >= 4 is 0 Å². The van der Waals surface area contributed by atoms with Crippen molar-refractivity contribution in [1.29, 1.82) is 0 Å². The van der Waals surface area contributed by atoms with E-state index in [9.17, 15) is 0 Å². The van der Waals surface area contributed by atoms with Gasteiger partial charge in [0.1, 0.15) is 0 Å². The molecule has 0 bridgehead atoms. The lowest BCUT2D eigenvalue weighted by molar-refractivity contribution is 0.122. The Kier molecular flexibility index (Phi) is 6.96. The molecule has 4 nitrogen and oxygen atoms in total. The van der Waals surface area contributed by atoms with E-state index >= 15 is 0 Å². The second-order valence-corrected chi connectivity index (χ2v) is 4.69. The van der Waals surface area contributed by atoms with Crippen molar-refractivity contribution in [3.63, 3.8) is 0 Å². The Balaban J connectivity index is 2.40. The Labute approximate surface area is 98.6 Å². The normalized spacial score (nSPS) is 26.2. The SMILES string of the molecule is CNC1CCCCC1CN(CCO)CCO. The van der Waals surface area contributed by atoms with Crippen molar-refractivity contribution in [3.8, 4) is 0 Å². The van der Waals surface area contributed by atoms with Gasteiger partial charge in [-0.3, -0.25) is 4.90 Å². The number of hydrogen-bond donors (Lipinski definition) is 3. The fraction of sp³-hybridized carbons (Fsp3) is 1.00. The first-order valence-electron chi connectivity index (χ1n) is 6.43. The van der Waals surface area contributed by atoms with Gasteiger partial charge in [-0.1, -0.05) is 12.8 Å². The van der Waals surface area contributed by atoms with E-state index in [2.05, 4.69) is 10.2 Å². The van der Waals surface area contributed by atoms with Crippen molar-refractivity contribution in [3.05, 3.63) is 0 Å². The lowest BCUT2D eigenvalue weighted by Crippen LogP contribution is -2.44. The number of aliphatic hydroxyl groups excluding tert-OH is 2. The molecule has 0 heterocycles. The highest BCUT2D eigenvalue weighted by Gasteiger charge is 2.25. The molecule has 0 aromatic rings. The van der Waals surface area contributed by atoms with Crippen LogP contribution in [0.1, 0.15) is 25.7 Å². The van der Waals surface area contributed by atoms with Gasteiger partial charge >= 0.3 is 0 Å². The first-order valence-corrected chi connectivity index (χ1v) is 6.43. The average Bonchev–Trinajstić information content (AvgIpc) is 2.30. The van der Waals surface area contributed by atoms with Crippen molar-refractivity contribution in [2.24, 2.45) is 5.92 Å². The van der Waals surface area contributed by atoms with Gasteiger partial charge in [0.05, 0.1) is 13.2 Å². The molecule has 2 atom stereocenters. The molecule has 1 rings (SSSR count). The number of rotatable bonds is 7. The van der Waals surface area contributed by atoms with Crippen LogP contribution in [0.3, 0.4) is 0 Å². The summed E-state index contributed by atoms with van der Waals surface area (Å²) in [6.07, 6.45) is 5.16. The van der Waals surface area contributed by atoms with Crippen LogP contribution < -0.4 is 5.32 Å². The van der Waals surface area contributed by atoms with Crippen LogP contribution >= 0.6 is 0 Å². The Bertz CT molecular complexity index is 172. The summed E-state index contributed by atoms with van der Waals surface area (Å²) in [4.78, 5) is 2.17. The molecule has 16 heavy (non-hydrogen) atoms. The second-order valence-electron chi connectivity index (χ2n) is 4.69. The van der Waals surface area contributed by atoms with Gasteiger partial charge in [-0.15, -0.1) is 0 Å². The molecule has 0 aliphatic heterocycles. The summed E-state index contributed by atoms with van der Waals surface area (Å²) < 4.78 is 0. The van der Waals surface area contributed by atoms with E-state index in [1.807, 2.05) is 7.05 Å². The lowest BCUT2D eigenvalue weighted by atomic mass is 9.84. The molecule has 0 amide bonds. The third-order valence-corrected chi connectivity index (χ3v) is 3.61. The van der Waals surface area contributed by atoms with E-state index in [0.29, 0.717) is 25.0 Å². The van der Waals surface area contributed by atoms with Gasteiger partial charge in [-0.05, 0) is 25.8 Å². The molecule has 1 aliphatic carbocycles. The maximum Gasteiger partial charge on any atom is 0.0558 e. The molecule has 0 saturated heterocycles. The van der Waals surface area contributed by atoms with Crippen molar-refractivity contribution in [2.45, 2.75) is 31.7 Å². The summed E-state index contributed by atoms with van der Waals surface area (Å²) >= 11 is 0. The van der Waals surface area contributed by atoms with Crippen molar-refractivity contribution < 1.29 is 10.2 Å². The van der Waals surface area contributed by atoms with E-state index in [4.69, 9.17) is 10.2 Å². The molecule has 0 aromatic heterocycles. The van der Waals surface area contributed by atoms with E-state index in [1.54, 1.807) is 0 Å². The number of hydrogen-bond acceptors (Lipinski definition) is 4. The van der Waals surface area contributed by atoms with Gasteiger partial charge in [-0.2, -0.15) is 0 Å². The molecule has 2 unspecified atom stereocenters. The Morgan fingerprint density at radius 1 is 1.12 bits per heavy atom. The Morgan fingerprint density at radius 3 is 2.31 bits per heavy atom. The fourth-order valence-electron chi connectivity index (χ4n) is 2.72. The summed E-state index contributed by atoms with van der Waals surface area (Å²) in [5, 5.41) is 21.3. The maximum atomic E-state index is 8.98. The lowest BCUT2D eigenvalue weighted by Gasteiger charge is -2.35. The van der Waals surface area contributed by atoms with Gasteiger partial charge in [0.2, 0.25) is 0 Å². The van der Waals surface area contributed by atoms with E-state index < -0.39 is 0 Å². The number of nitrogens with one attached hydrogen (secondary N) is 1. The molecule has 96 valence electrons. The molecule has 0 radical (unpaired) electrons. The molecule has 0 aromatic carbocycles. The summed E-state index contributed by atoms with van der Waals surface area (Å²) in [6.45, 7) is 2.70. The van der Waals surface area contributed by atoms with E-state index in [1.165, 1.54) is 25.7 Å². The number of nitrogens with zero attached hydrogens (tertiary/aromatic N) is 1. The summed E-state index contributed by atoms with van der Waals surface area (Å²) in [5.74, 6) is 0.664. The van der Waals surface area contributed by atoms with Crippen LogP contribution in [0.25, 0.3) is 0 Å². The van der Waals surface area contributed by atoms with E-state index in [-0.39, 0.29) is 13.2 Å². The van der Waals surface area contributed by atoms with Crippen molar-refractivity contribution in [1.82, 2.24) is 10.2 Å². The summed E-state index contributed by atoms with van der Waals surface area (Å²) in [6, 6.07) is 0.605. The third-order valence-electron chi connectivity index (χ3n) is 3.61. The predicted octanol–water partition coefficient (Wildman–Crippen LogP) is 0.0512. The van der Waals surface area contributed by atoms with Gasteiger partial charge in [0, 0.05) is 25.7 Å². The first kappa shape index (κ1) is 13.9. The molecule has 0 spiro atoms. The topological polar surface area (TPSA) is 55.7 Å². The molecule has 4 heteroatoms. The fourth-order valence-corrected chi connectivity index (χ4v) is 2.72. The zero-order valence-corrected chi connectivity index (χ0v) is 10.4. The first-order chi connectivity index (χ1) is 7.81. The van der Waals surface area contributed by atoms with Crippen LogP contribution in [0.4, 0.5) is 0 Å². The summed E-state index contributed by atoms with van der Waals surface area (Å²) in [7, 11) is 2.03. The van der Waals surface area contributed by atoms with Gasteiger partial charge < -0.3 is 15.5 Å². The van der Waals surface area contributed by atoms with Crippen LogP contribution in [0.15, 0.2) is 0 Å². The van der Waals surface area contributed by atoms with Crippen molar-refractivity contribution in [2.75, 3.05) is 39.9 Å². The minimum absolute atomic E-state index is 0.178. The molecule has 1 aliphatic rings. The zero-order valence-electron chi connectivity index (χ0n) is 10.4. The molecule has 1 fully saturated rings. The molecule has 1 saturated carbocycles. The quantitative estimate of drug-likeness (QED) is 0.578. The highest BCUT2D eigenvalue weighted by molar-refractivity contribution is 4.82.